The van der Waals surface area contributed by atoms with Crippen molar-refractivity contribution in [1.82, 2.24) is 4.57 Å². The van der Waals surface area contributed by atoms with E-state index in [-0.39, 0.29) is 0 Å². The van der Waals surface area contributed by atoms with Crippen LogP contribution in [0, 0.1) is 5.92 Å². The summed E-state index contributed by atoms with van der Waals surface area (Å²) in [7, 11) is 0. The summed E-state index contributed by atoms with van der Waals surface area (Å²) in [6.07, 6.45) is 2.18. The highest BCUT2D eigenvalue weighted by Gasteiger charge is 2.28. The van der Waals surface area contributed by atoms with Crippen LogP contribution in [0.3, 0.4) is 0 Å². The van der Waals surface area contributed by atoms with Gasteiger partial charge in [0, 0.05) is 11.4 Å². The number of carboxylic acid groups (broad SMARTS) is 1. The van der Waals surface area contributed by atoms with Crippen LogP contribution < -0.4 is 0 Å². The van der Waals surface area contributed by atoms with Crippen LogP contribution in [0.1, 0.15) is 47.8 Å². The SMILES string of the molecule is CC1CCc2c(cc(-c3ccccc3)n2-c2cccc(C(=O)O)c2)C1C. The summed E-state index contributed by atoms with van der Waals surface area (Å²) in [6.45, 7) is 4.62. The van der Waals surface area contributed by atoms with Crippen LogP contribution in [0.4, 0.5) is 0 Å². The maximum Gasteiger partial charge on any atom is 0.335 e. The van der Waals surface area contributed by atoms with Crippen LogP contribution in [0.5, 0.6) is 0 Å². The summed E-state index contributed by atoms with van der Waals surface area (Å²) < 4.78 is 2.26. The molecule has 1 aliphatic carbocycles. The second kappa shape index (κ2) is 6.49. The molecule has 0 bridgehead atoms. The summed E-state index contributed by atoms with van der Waals surface area (Å²) in [4.78, 5) is 11.5. The molecule has 2 atom stereocenters. The molecule has 3 heteroatoms. The molecule has 0 radical (unpaired) electrons. The molecule has 2 aromatic carbocycles. The van der Waals surface area contributed by atoms with E-state index in [1.165, 1.54) is 11.3 Å². The van der Waals surface area contributed by atoms with Gasteiger partial charge in [0.1, 0.15) is 0 Å². The zero-order chi connectivity index (χ0) is 18.3. The molecule has 4 rings (SSSR count). The number of aromatic carboxylic acids is 1. The minimum atomic E-state index is -0.892. The van der Waals surface area contributed by atoms with Crippen molar-refractivity contribution in [3.8, 4) is 16.9 Å². The molecule has 26 heavy (non-hydrogen) atoms. The summed E-state index contributed by atoms with van der Waals surface area (Å²) in [5.41, 5.74) is 6.25. The van der Waals surface area contributed by atoms with Gasteiger partial charge in [-0.1, -0.05) is 50.2 Å². The van der Waals surface area contributed by atoms with Gasteiger partial charge in [0.25, 0.3) is 0 Å². The third-order valence-electron chi connectivity index (χ3n) is 5.74. The Morgan fingerprint density at radius 2 is 1.81 bits per heavy atom. The van der Waals surface area contributed by atoms with Crippen LogP contribution >= 0.6 is 0 Å². The second-order valence-electron chi connectivity index (χ2n) is 7.29. The first-order chi connectivity index (χ1) is 12.6. The first-order valence-corrected chi connectivity index (χ1v) is 9.20. The van der Waals surface area contributed by atoms with Gasteiger partial charge in [-0.2, -0.15) is 0 Å². The van der Waals surface area contributed by atoms with Gasteiger partial charge in [-0.25, -0.2) is 4.79 Å². The molecule has 1 heterocycles. The van der Waals surface area contributed by atoms with Crippen LogP contribution in [0.2, 0.25) is 0 Å². The molecule has 1 aromatic heterocycles. The Labute approximate surface area is 153 Å². The van der Waals surface area contributed by atoms with Crippen molar-refractivity contribution in [2.75, 3.05) is 0 Å². The van der Waals surface area contributed by atoms with Crippen molar-refractivity contribution in [1.29, 1.82) is 0 Å². The van der Waals surface area contributed by atoms with Gasteiger partial charge < -0.3 is 9.67 Å². The van der Waals surface area contributed by atoms with E-state index in [1.54, 1.807) is 12.1 Å². The van der Waals surface area contributed by atoms with Gasteiger partial charge in [-0.15, -0.1) is 0 Å². The van der Waals surface area contributed by atoms with Crippen LogP contribution in [0.15, 0.2) is 60.7 Å². The number of hydrogen-bond acceptors (Lipinski definition) is 1. The van der Waals surface area contributed by atoms with Gasteiger partial charge in [0.05, 0.1) is 11.3 Å². The van der Waals surface area contributed by atoms with Gasteiger partial charge in [-0.3, -0.25) is 0 Å². The molecular weight excluding hydrogens is 322 g/mol. The second-order valence-corrected chi connectivity index (χ2v) is 7.29. The van der Waals surface area contributed by atoms with Crippen molar-refractivity contribution >= 4 is 5.97 Å². The smallest absolute Gasteiger partial charge is 0.335 e. The van der Waals surface area contributed by atoms with Crippen molar-refractivity contribution in [3.63, 3.8) is 0 Å². The Kier molecular flexibility index (Phi) is 4.15. The highest BCUT2D eigenvalue weighted by molar-refractivity contribution is 5.88. The van der Waals surface area contributed by atoms with Crippen molar-refractivity contribution in [2.45, 2.75) is 32.6 Å². The molecule has 0 saturated carbocycles. The average molecular weight is 345 g/mol. The Balaban J connectivity index is 1.97. The largest absolute Gasteiger partial charge is 0.478 e. The Morgan fingerprint density at radius 3 is 2.54 bits per heavy atom. The van der Waals surface area contributed by atoms with Gasteiger partial charge in [0.2, 0.25) is 0 Å². The molecule has 3 aromatic rings. The van der Waals surface area contributed by atoms with E-state index in [0.29, 0.717) is 17.4 Å². The first kappa shape index (κ1) is 16.6. The van der Waals surface area contributed by atoms with E-state index in [0.717, 1.165) is 29.8 Å². The van der Waals surface area contributed by atoms with Gasteiger partial charge >= 0.3 is 5.97 Å². The zero-order valence-corrected chi connectivity index (χ0v) is 15.1. The topological polar surface area (TPSA) is 42.2 Å². The van der Waals surface area contributed by atoms with E-state index < -0.39 is 5.97 Å². The standard InChI is InChI=1S/C23H23NO2/c1-15-11-12-21-20(16(15)2)14-22(17-7-4-3-5-8-17)24(21)19-10-6-9-18(13-19)23(25)26/h3-10,13-16H,11-12H2,1-2H3,(H,25,26). The molecule has 0 fully saturated rings. The fourth-order valence-electron chi connectivity index (χ4n) is 4.04. The predicted octanol–water partition coefficient (Wildman–Crippen LogP) is 5.53. The molecular formula is C23H23NO2. The monoisotopic (exact) mass is 345 g/mol. The highest BCUT2D eigenvalue weighted by atomic mass is 16.4. The number of hydrogen-bond donors (Lipinski definition) is 1. The lowest BCUT2D eigenvalue weighted by molar-refractivity contribution is 0.0697. The Morgan fingerprint density at radius 1 is 1.04 bits per heavy atom. The maximum atomic E-state index is 11.5. The molecule has 132 valence electrons. The predicted molar refractivity (Wildman–Crippen MR) is 104 cm³/mol. The lowest BCUT2D eigenvalue weighted by Crippen LogP contribution is -2.17. The van der Waals surface area contributed by atoms with Crippen molar-refractivity contribution < 1.29 is 9.90 Å². The highest BCUT2D eigenvalue weighted by Crippen LogP contribution is 2.41. The fraction of sp³-hybridized carbons (Fsp3) is 0.261. The van der Waals surface area contributed by atoms with Crippen LogP contribution in [0.25, 0.3) is 16.9 Å². The molecule has 1 N–H and O–H groups in total. The number of rotatable bonds is 3. The summed E-state index contributed by atoms with van der Waals surface area (Å²) in [6, 6.07) is 19.9. The molecule has 3 nitrogen and oxygen atoms in total. The third kappa shape index (κ3) is 2.74. The Bertz CT molecular complexity index is 956. The number of benzene rings is 2. The number of carboxylic acids is 1. The quantitative estimate of drug-likeness (QED) is 0.678. The lowest BCUT2D eigenvalue weighted by atomic mass is 9.80. The fourth-order valence-corrected chi connectivity index (χ4v) is 4.04. The van der Waals surface area contributed by atoms with E-state index in [1.807, 2.05) is 30.3 Å². The molecule has 2 unspecified atom stereocenters. The minimum absolute atomic E-state index is 0.321. The Hall–Kier alpha value is -2.81. The summed E-state index contributed by atoms with van der Waals surface area (Å²) >= 11 is 0. The number of nitrogens with zero attached hydrogens (tertiary/aromatic N) is 1. The van der Waals surface area contributed by atoms with E-state index in [4.69, 9.17) is 0 Å². The third-order valence-corrected chi connectivity index (χ3v) is 5.74. The zero-order valence-electron chi connectivity index (χ0n) is 15.1. The molecule has 0 saturated heterocycles. The maximum absolute atomic E-state index is 11.5. The number of aromatic nitrogens is 1. The van der Waals surface area contributed by atoms with E-state index in [9.17, 15) is 9.90 Å². The normalized spacial score (nSPS) is 19.2. The molecule has 0 aliphatic heterocycles. The summed E-state index contributed by atoms with van der Waals surface area (Å²) in [5.74, 6) is 0.272. The van der Waals surface area contributed by atoms with Crippen LogP contribution in [-0.2, 0) is 6.42 Å². The number of fused-ring (bicyclic) bond motifs is 1. The lowest BCUT2D eigenvalue weighted by Gasteiger charge is -2.27. The first-order valence-electron chi connectivity index (χ1n) is 9.20. The minimum Gasteiger partial charge on any atom is -0.478 e. The summed E-state index contributed by atoms with van der Waals surface area (Å²) in [5, 5.41) is 9.40. The molecule has 0 amide bonds. The molecule has 0 spiro atoms. The van der Waals surface area contributed by atoms with Crippen molar-refractivity contribution in [2.24, 2.45) is 5.92 Å². The van der Waals surface area contributed by atoms with E-state index in [2.05, 4.69) is 36.6 Å². The van der Waals surface area contributed by atoms with Gasteiger partial charge in [0.15, 0.2) is 0 Å². The number of carbonyl (C=O) groups is 1. The van der Waals surface area contributed by atoms with E-state index >= 15 is 0 Å². The average Bonchev–Trinajstić information content (AvgIpc) is 3.06. The van der Waals surface area contributed by atoms with Crippen molar-refractivity contribution in [3.05, 3.63) is 77.5 Å². The van der Waals surface area contributed by atoms with Gasteiger partial charge in [-0.05, 0) is 60.1 Å². The van der Waals surface area contributed by atoms with Crippen LogP contribution in [-0.4, -0.2) is 15.6 Å². The molecule has 1 aliphatic rings.